The molecule has 8 aliphatic heterocycles. The maximum atomic E-state index is 13.9. The summed E-state index contributed by atoms with van der Waals surface area (Å²) < 4.78 is 0. The van der Waals surface area contributed by atoms with Gasteiger partial charge in [0.05, 0.1) is 89.9 Å². The molecule has 12 aliphatic rings. The van der Waals surface area contributed by atoms with Crippen molar-refractivity contribution in [2.45, 2.75) is 115 Å². The Kier molecular flexibility index (Phi) is 19.4. The van der Waals surface area contributed by atoms with E-state index in [1.807, 2.05) is 144 Å². The van der Waals surface area contributed by atoms with Crippen LogP contribution in [0.4, 0.5) is 68.2 Å². The van der Waals surface area contributed by atoms with Gasteiger partial charge in [-0.3, -0.25) is 19.2 Å². The van der Waals surface area contributed by atoms with Crippen LogP contribution in [0.5, 0.6) is 0 Å². The van der Waals surface area contributed by atoms with Crippen LogP contribution in [0, 0.1) is 27.7 Å². The average Bonchev–Trinajstić information content (AvgIpc) is 0.681. The highest BCUT2D eigenvalue weighted by atomic mass is 32.2. The molecule has 0 fully saturated rings. The first-order valence-corrected chi connectivity index (χ1v) is 53.9. The largest absolute Gasteiger partial charge is 0.308 e. The summed E-state index contributed by atoms with van der Waals surface area (Å²) in [4.78, 5) is 75.2. The lowest BCUT2D eigenvalue weighted by molar-refractivity contribution is 0.102. The number of hydrogen-bond acceptors (Lipinski definition) is 12. The molecule has 0 saturated carbocycles. The van der Waals surface area contributed by atoms with Gasteiger partial charge in [-0.2, -0.15) is 0 Å². The number of anilines is 12. The Morgan fingerprint density at radius 1 is 0.196 bits per heavy atom. The van der Waals surface area contributed by atoms with E-state index < -0.39 is 21.7 Å². The van der Waals surface area contributed by atoms with E-state index in [0.717, 1.165) is 89.0 Å². The lowest BCUT2D eigenvalue weighted by Crippen LogP contribution is -2.43. The zero-order valence-corrected chi connectivity index (χ0v) is 85.3. The first kappa shape index (κ1) is 88.2. The summed E-state index contributed by atoms with van der Waals surface area (Å²) >= 11 is 7.38. The molecule has 20 aromatic carbocycles. The van der Waals surface area contributed by atoms with E-state index in [0.29, 0.717) is 0 Å². The van der Waals surface area contributed by atoms with Crippen LogP contribution in [0.25, 0.3) is 0 Å². The van der Waals surface area contributed by atoms with E-state index in [2.05, 4.69) is 402 Å². The molecule has 8 heterocycles. The number of aryl methyl sites for hydroxylation is 4. The van der Waals surface area contributed by atoms with E-state index in [1.54, 1.807) is 0 Å². The van der Waals surface area contributed by atoms with Crippen LogP contribution in [0.3, 0.4) is 0 Å². The molecule has 0 atom stereocenters. The number of fused-ring (bicyclic) bond motifs is 40. The molecule has 0 amide bonds. The molecule has 0 radical (unpaired) electrons. The van der Waals surface area contributed by atoms with Crippen molar-refractivity contribution in [1.82, 2.24) is 0 Å². The second kappa shape index (κ2) is 32.6. The van der Waals surface area contributed by atoms with Crippen LogP contribution in [-0.4, -0.2) is 23.1 Å². The second-order valence-corrected chi connectivity index (χ2v) is 45.6. The molecule has 4 aliphatic carbocycles. The summed E-state index contributed by atoms with van der Waals surface area (Å²) in [6, 6.07) is 152. The van der Waals surface area contributed by atoms with Crippen LogP contribution in [-0.2, 0) is 27.1 Å². The molecule has 0 N–H and O–H groups in total. The molecule has 0 aromatic heterocycles. The van der Waals surface area contributed by atoms with Crippen molar-refractivity contribution < 1.29 is 19.2 Å². The Morgan fingerprint density at radius 3 is 0.912 bits per heavy atom. The standard InChI is InChI=1S/C36H27NOS.2C34H23NOS.C32H19NOS/c1-35(2,3)22-19-20-29-28(21-22)36(25-13-6-4-11-23(25)34(38)24-12-5-7-14-26(24)36)27-15-10-18-32-33(27)37(29)30-16-8-9-17-31(30)39-32;1-20-10-9-17-29-32(20)37-33-21(2)18-19-27-30(33)35(29)28-16-8-7-15-26(28)34(27)24-13-5-3-11-22(24)31(36)23-12-4-6-14-25(23)34;1-20-15-17-29-28(19-20)35-27-14-8-7-13-26(27)34(31-21(2)16-18-30(37-29)32(31)35)24-11-5-3-9-22(24)33(36)23-10-4-6-12-25(23)34;34-31-20-10-1-3-12-22(20)32(23-13-4-2-11-21(23)31)24-14-5-6-16-26(24)33-27-17-7-8-18-28(27)35-29-19-9-15-25(32)30(29)33/h4-21H,1-3H3;2*3-19H,1-2H3;1-19H. The number of rotatable bonds is 0. The molecular formula is C136H92N4O4S4. The molecule has 0 bridgehead atoms. The van der Waals surface area contributed by atoms with E-state index in [-0.39, 0.29) is 28.5 Å². The monoisotopic (exact) mass is 1970 g/mol. The molecular weight excluding hydrogens is 1880 g/mol. The fraction of sp³-hybridized carbons (Fsp3) is 0.0882. The fourth-order valence-corrected chi connectivity index (χ4v) is 31.3. The normalized spacial score (nSPS) is 15.5. The Morgan fingerprint density at radius 2 is 0.486 bits per heavy atom. The van der Waals surface area contributed by atoms with Gasteiger partial charge in [0.2, 0.25) is 0 Å². The van der Waals surface area contributed by atoms with E-state index >= 15 is 0 Å². The first-order valence-electron chi connectivity index (χ1n) is 50.7. The van der Waals surface area contributed by atoms with Gasteiger partial charge in [0.15, 0.2) is 23.1 Å². The number of benzene rings is 20. The van der Waals surface area contributed by atoms with Crippen molar-refractivity contribution in [2.75, 3.05) is 19.6 Å². The highest BCUT2D eigenvalue weighted by Crippen LogP contribution is 2.72. The van der Waals surface area contributed by atoms with E-state index in [4.69, 9.17) is 0 Å². The van der Waals surface area contributed by atoms with Crippen molar-refractivity contribution in [3.8, 4) is 0 Å². The molecule has 12 heteroatoms. The number of carbonyl (C=O) groups excluding carboxylic acids is 4. The third-order valence-electron chi connectivity index (χ3n) is 32.8. The van der Waals surface area contributed by atoms with Crippen LogP contribution >= 0.6 is 47.0 Å². The topological polar surface area (TPSA) is 81.2 Å². The molecule has 8 nitrogen and oxygen atoms in total. The maximum Gasteiger partial charge on any atom is 0.193 e. The molecule has 148 heavy (non-hydrogen) atoms. The van der Waals surface area contributed by atoms with Crippen molar-refractivity contribution in [3.05, 3.63) is 592 Å². The van der Waals surface area contributed by atoms with Gasteiger partial charge in [-0.15, -0.1) is 0 Å². The molecule has 704 valence electrons. The minimum atomic E-state index is -0.619. The molecule has 0 unspecified atom stereocenters. The number of para-hydroxylation sites is 7. The summed E-state index contributed by atoms with van der Waals surface area (Å²) in [5, 5.41) is 0. The van der Waals surface area contributed by atoms with Gasteiger partial charge >= 0.3 is 0 Å². The van der Waals surface area contributed by atoms with Crippen LogP contribution in [0.15, 0.2) is 470 Å². The van der Waals surface area contributed by atoms with Crippen LogP contribution < -0.4 is 19.6 Å². The van der Waals surface area contributed by atoms with Gasteiger partial charge in [0.1, 0.15) is 0 Å². The highest BCUT2D eigenvalue weighted by Gasteiger charge is 2.60. The van der Waals surface area contributed by atoms with Crippen molar-refractivity contribution in [3.63, 3.8) is 0 Å². The zero-order valence-electron chi connectivity index (χ0n) is 82.0. The number of nitrogens with zero attached hydrogens (tertiary/aromatic N) is 4. The quantitative estimate of drug-likeness (QED) is 0.145. The molecule has 32 rings (SSSR count). The third-order valence-corrected chi connectivity index (χ3v) is 37.6. The summed E-state index contributed by atoms with van der Waals surface area (Å²) in [5.74, 6) is 0.418. The minimum Gasteiger partial charge on any atom is -0.308 e. The Bertz CT molecular complexity index is 9130. The molecule has 4 spiro atoms. The lowest BCUT2D eigenvalue weighted by atomic mass is 9.56. The van der Waals surface area contributed by atoms with E-state index in [9.17, 15) is 19.2 Å². The Labute approximate surface area is 876 Å². The predicted molar refractivity (Wildman–Crippen MR) is 600 cm³/mol. The van der Waals surface area contributed by atoms with Gasteiger partial charge in [-0.1, -0.05) is 414 Å². The predicted octanol–water partition coefficient (Wildman–Crippen LogP) is 34.0. The lowest BCUT2D eigenvalue weighted by Gasteiger charge is -2.51. The fourth-order valence-electron chi connectivity index (χ4n) is 26.8. The van der Waals surface area contributed by atoms with Crippen molar-refractivity contribution >= 4 is 138 Å². The van der Waals surface area contributed by atoms with Crippen LogP contribution in [0.2, 0.25) is 0 Å². The maximum absolute atomic E-state index is 13.9. The molecule has 0 saturated heterocycles. The van der Waals surface area contributed by atoms with Crippen molar-refractivity contribution in [1.29, 1.82) is 0 Å². The van der Waals surface area contributed by atoms with E-state index in [1.165, 1.54) is 180 Å². The summed E-state index contributed by atoms with van der Waals surface area (Å²) in [6.45, 7) is 15.6. The van der Waals surface area contributed by atoms with Crippen LogP contribution in [0.1, 0.15) is 201 Å². The average molecular weight is 1970 g/mol. The Hall–Kier alpha value is -16.3. The Balaban J connectivity index is 0.0000000931. The van der Waals surface area contributed by atoms with Gasteiger partial charge < -0.3 is 19.6 Å². The summed E-state index contributed by atoms with van der Waals surface area (Å²) in [6.07, 6.45) is 0. The first-order chi connectivity index (χ1) is 72.4. The second-order valence-electron chi connectivity index (χ2n) is 41.3. The summed E-state index contributed by atoms with van der Waals surface area (Å²) in [7, 11) is 0. The summed E-state index contributed by atoms with van der Waals surface area (Å²) in [5.41, 5.74) is 43.0. The van der Waals surface area contributed by atoms with Gasteiger partial charge in [0, 0.05) is 83.7 Å². The number of carbonyl (C=O) groups is 4. The van der Waals surface area contributed by atoms with Gasteiger partial charge in [0.25, 0.3) is 0 Å². The third kappa shape index (κ3) is 11.8. The SMILES string of the molecule is CC(C)(C)c1ccc2c(c1)C1(c3ccccc3C(=O)c3ccccc31)c1cccc3c1N2c1ccccc1S3.Cc1ccc2c(c1)N1c3ccccc3C3(c4ccccc4C(=O)c4ccccc43)c3c(C)ccc(c31)S2.Cc1cccc2c1Sc1c(C)ccc3c1N2c1ccccc1C31c2ccccc2C(=O)c2ccccc21.O=C1c2ccccc2C2(c3ccccc31)c1ccccc1N1c3ccccc3Sc3cccc2c31. The number of ketones is 4. The van der Waals surface area contributed by atoms with Crippen molar-refractivity contribution in [2.24, 2.45) is 0 Å². The van der Waals surface area contributed by atoms with Gasteiger partial charge in [-0.25, -0.2) is 0 Å². The molecule has 20 aromatic rings. The number of hydrogen-bond donors (Lipinski definition) is 0. The highest BCUT2D eigenvalue weighted by molar-refractivity contribution is 8.00. The minimum absolute atomic E-state index is 0.0302. The zero-order chi connectivity index (χ0) is 99.4. The van der Waals surface area contributed by atoms with Gasteiger partial charge in [-0.05, 0) is 235 Å². The smallest absolute Gasteiger partial charge is 0.193 e.